The number of carboxylic acid groups (broad SMARTS) is 1. The van der Waals surface area contributed by atoms with E-state index in [9.17, 15) is 4.79 Å². The van der Waals surface area contributed by atoms with Crippen molar-refractivity contribution in [2.24, 2.45) is 0 Å². The molecule has 0 radical (unpaired) electrons. The van der Waals surface area contributed by atoms with Crippen molar-refractivity contribution in [2.75, 3.05) is 6.26 Å². The molecule has 0 aliphatic carbocycles. The first kappa shape index (κ1) is 14.1. The molecule has 17 heavy (non-hydrogen) atoms. The van der Waals surface area contributed by atoms with Crippen LogP contribution in [0.5, 0.6) is 0 Å². The number of aliphatic carboxylic acids is 1. The zero-order chi connectivity index (χ0) is 12.8. The van der Waals surface area contributed by atoms with E-state index in [1.165, 1.54) is 10.5 Å². The predicted molar refractivity (Wildman–Crippen MR) is 71.6 cm³/mol. The maximum atomic E-state index is 10.7. The zero-order valence-corrected chi connectivity index (χ0v) is 11.3. The van der Waals surface area contributed by atoms with Crippen LogP contribution in [-0.2, 0) is 11.2 Å². The Morgan fingerprint density at radius 1 is 1.41 bits per heavy atom. The average molecular weight is 253 g/mol. The highest BCUT2D eigenvalue weighted by atomic mass is 32.2. The van der Waals surface area contributed by atoms with E-state index in [2.05, 4.69) is 23.7 Å². The summed E-state index contributed by atoms with van der Waals surface area (Å²) in [7, 11) is 0. The molecule has 0 amide bonds. The Hall–Kier alpha value is -1.00. The minimum absolute atomic E-state index is 0.148. The van der Waals surface area contributed by atoms with Crippen molar-refractivity contribution in [1.82, 2.24) is 5.32 Å². The molecule has 0 saturated heterocycles. The first-order chi connectivity index (χ1) is 8.04. The number of nitrogens with one attached hydrogen (secondary N) is 1. The van der Waals surface area contributed by atoms with Crippen LogP contribution in [0.4, 0.5) is 0 Å². The van der Waals surface area contributed by atoms with Gasteiger partial charge in [-0.15, -0.1) is 11.8 Å². The Bertz CT molecular complexity index is 381. The van der Waals surface area contributed by atoms with Crippen LogP contribution in [0.3, 0.4) is 0 Å². The quantitative estimate of drug-likeness (QED) is 0.764. The summed E-state index contributed by atoms with van der Waals surface area (Å²) in [5.41, 5.74) is 1.26. The van der Waals surface area contributed by atoms with Gasteiger partial charge in [0.2, 0.25) is 0 Å². The molecule has 1 aromatic carbocycles. The van der Waals surface area contributed by atoms with Gasteiger partial charge in [0.1, 0.15) is 6.04 Å². The summed E-state index contributed by atoms with van der Waals surface area (Å²) in [5.74, 6) is -0.810. The summed E-state index contributed by atoms with van der Waals surface area (Å²) in [6.07, 6.45) is 2.89. The largest absolute Gasteiger partial charge is 0.480 e. The van der Waals surface area contributed by atoms with Crippen LogP contribution in [0, 0.1) is 0 Å². The van der Waals surface area contributed by atoms with Gasteiger partial charge in [0.15, 0.2) is 0 Å². The highest BCUT2D eigenvalue weighted by Crippen LogP contribution is 2.21. The fraction of sp³-hybridized carbons (Fsp3) is 0.462. The molecule has 0 aromatic heterocycles. The fourth-order valence-corrected chi connectivity index (χ4v) is 2.39. The molecule has 4 heteroatoms. The molecule has 1 rings (SSSR count). The average Bonchev–Trinajstić information content (AvgIpc) is 2.29. The molecule has 2 N–H and O–H groups in total. The van der Waals surface area contributed by atoms with Gasteiger partial charge < -0.3 is 10.4 Å². The van der Waals surface area contributed by atoms with E-state index in [4.69, 9.17) is 5.11 Å². The van der Waals surface area contributed by atoms with E-state index in [0.29, 0.717) is 0 Å². The first-order valence-electron chi connectivity index (χ1n) is 5.65. The molecule has 0 aliphatic rings. The van der Waals surface area contributed by atoms with E-state index in [1.807, 2.05) is 19.1 Å². The van der Waals surface area contributed by atoms with Crippen molar-refractivity contribution in [3.05, 3.63) is 29.8 Å². The second kappa shape index (κ2) is 6.67. The third kappa shape index (κ3) is 4.40. The predicted octanol–water partition coefficient (Wildman–Crippen LogP) is 2.40. The van der Waals surface area contributed by atoms with Crippen molar-refractivity contribution in [3.63, 3.8) is 0 Å². The Morgan fingerprint density at radius 3 is 2.65 bits per heavy atom. The number of benzene rings is 1. The molecule has 0 fully saturated rings. The molecule has 0 spiro atoms. The highest BCUT2D eigenvalue weighted by molar-refractivity contribution is 7.98. The van der Waals surface area contributed by atoms with Gasteiger partial charge >= 0.3 is 5.97 Å². The number of rotatable bonds is 6. The molecule has 0 heterocycles. The second-order valence-corrected chi connectivity index (χ2v) is 4.99. The molecular weight excluding hydrogens is 234 g/mol. The zero-order valence-electron chi connectivity index (χ0n) is 10.4. The standard InChI is InChI=1S/C13H19NO2S/c1-9(14-10(2)13(15)16)8-11-6-4-5-7-12(11)17-3/h4-7,9-10,14H,8H2,1-3H3,(H,15,16)/t9?,10-/m1/s1. The SMILES string of the molecule is CSc1ccccc1CC(C)N[C@H](C)C(=O)O. The summed E-state index contributed by atoms with van der Waals surface area (Å²) in [6.45, 7) is 3.68. The van der Waals surface area contributed by atoms with E-state index < -0.39 is 12.0 Å². The van der Waals surface area contributed by atoms with Crippen molar-refractivity contribution >= 4 is 17.7 Å². The molecular formula is C13H19NO2S. The molecule has 1 aromatic rings. The van der Waals surface area contributed by atoms with E-state index in [1.54, 1.807) is 18.7 Å². The second-order valence-electron chi connectivity index (χ2n) is 4.14. The number of hydrogen-bond donors (Lipinski definition) is 2. The number of hydrogen-bond acceptors (Lipinski definition) is 3. The minimum Gasteiger partial charge on any atom is -0.480 e. The summed E-state index contributed by atoms with van der Waals surface area (Å²) < 4.78 is 0. The lowest BCUT2D eigenvalue weighted by molar-refractivity contribution is -0.139. The topological polar surface area (TPSA) is 49.3 Å². The Balaban J connectivity index is 2.61. The van der Waals surface area contributed by atoms with Crippen LogP contribution in [0.25, 0.3) is 0 Å². The Labute approximate surface area is 107 Å². The third-order valence-electron chi connectivity index (χ3n) is 2.62. The number of thioether (sulfide) groups is 1. The monoisotopic (exact) mass is 253 g/mol. The van der Waals surface area contributed by atoms with E-state index >= 15 is 0 Å². The lowest BCUT2D eigenvalue weighted by atomic mass is 10.1. The van der Waals surface area contributed by atoms with Crippen LogP contribution in [-0.4, -0.2) is 29.4 Å². The van der Waals surface area contributed by atoms with Gasteiger partial charge in [-0.1, -0.05) is 18.2 Å². The third-order valence-corrected chi connectivity index (χ3v) is 3.46. The van der Waals surface area contributed by atoms with Crippen LogP contribution >= 0.6 is 11.8 Å². The maximum absolute atomic E-state index is 10.7. The Kier molecular flexibility index (Phi) is 5.51. The van der Waals surface area contributed by atoms with Gasteiger partial charge in [0.05, 0.1) is 0 Å². The number of carboxylic acids is 1. The molecule has 3 nitrogen and oxygen atoms in total. The van der Waals surface area contributed by atoms with Crippen LogP contribution in [0.2, 0.25) is 0 Å². The van der Waals surface area contributed by atoms with Gasteiger partial charge in [-0.2, -0.15) is 0 Å². The van der Waals surface area contributed by atoms with Crippen molar-refractivity contribution in [2.45, 2.75) is 37.2 Å². The highest BCUT2D eigenvalue weighted by Gasteiger charge is 2.14. The van der Waals surface area contributed by atoms with Crippen LogP contribution < -0.4 is 5.32 Å². The number of carbonyl (C=O) groups is 1. The molecule has 0 aliphatic heterocycles. The lowest BCUT2D eigenvalue weighted by Gasteiger charge is -2.18. The van der Waals surface area contributed by atoms with Gasteiger partial charge in [-0.25, -0.2) is 0 Å². The van der Waals surface area contributed by atoms with Gasteiger partial charge in [-0.05, 0) is 38.2 Å². The lowest BCUT2D eigenvalue weighted by Crippen LogP contribution is -2.40. The smallest absolute Gasteiger partial charge is 0.320 e. The molecule has 2 atom stereocenters. The molecule has 94 valence electrons. The van der Waals surface area contributed by atoms with E-state index in [0.717, 1.165) is 6.42 Å². The molecule has 1 unspecified atom stereocenters. The van der Waals surface area contributed by atoms with Gasteiger partial charge in [0, 0.05) is 10.9 Å². The fourth-order valence-electron chi connectivity index (χ4n) is 1.76. The molecule has 0 saturated carbocycles. The Morgan fingerprint density at radius 2 is 2.06 bits per heavy atom. The van der Waals surface area contributed by atoms with Crippen LogP contribution in [0.1, 0.15) is 19.4 Å². The minimum atomic E-state index is -0.810. The first-order valence-corrected chi connectivity index (χ1v) is 6.87. The van der Waals surface area contributed by atoms with Gasteiger partial charge in [0.25, 0.3) is 0 Å². The summed E-state index contributed by atoms with van der Waals surface area (Å²) >= 11 is 1.72. The van der Waals surface area contributed by atoms with Crippen molar-refractivity contribution in [1.29, 1.82) is 0 Å². The van der Waals surface area contributed by atoms with Crippen LogP contribution in [0.15, 0.2) is 29.2 Å². The summed E-state index contributed by atoms with van der Waals surface area (Å²) in [5, 5.41) is 11.9. The van der Waals surface area contributed by atoms with Crippen molar-refractivity contribution < 1.29 is 9.90 Å². The summed E-state index contributed by atoms with van der Waals surface area (Å²) in [6, 6.07) is 7.86. The normalized spacial score (nSPS) is 14.3. The molecule has 0 bridgehead atoms. The van der Waals surface area contributed by atoms with E-state index in [-0.39, 0.29) is 6.04 Å². The summed E-state index contributed by atoms with van der Waals surface area (Å²) in [4.78, 5) is 12.0. The van der Waals surface area contributed by atoms with Crippen molar-refractivity contribution in [3.8, 4) is 0 Å². The maximum Gasteiger partial charge on any atom is 0.320 e. The van der Waals surface area contributed by atoms with Gasteiger partial charge in [-0.3, -0.25) is 4.79 Å².